The third kappa shape index (κ3) is 3.25. The molecule has 5 nitrogen and oxygen atoms in total. The van der Waals surface area contributed by atoms with Crippen molar-refractivity contribution in [1.82, 2.24) is 4.57 Å². The molecule has 0 aromatic carbocycles. The molecule has 100 valence electrons. The van der Waals surface area contributed by atoms with Gasteiger partial charge in [0.15, 0.2) is 0 Å². The highest BCUT2D eigenvalue weighted by molar-refractivity contribution is 6.43. The van der Waals surface area contributed by atoms with Gasteiger partial charge in [-0.05, 0) is 6.92 Å². The Bertz CT molecular complexity index is 499. The summed E-state index contributed by atoms with van der Waals surface area (Å²) in [6, 6.07) is 0. The number of pyridine rings is 1. The molecule has 0 atom stereocenters. The van der Waals surface area contributed by atoms with Crippen LogP contribution in [0.25, 0.3) is 0 Å². The van der Waals surface area contributed by atoms with Gasteiger partial charge in [0.1, 0.15) is 5.02 Å². The van der Waals surface area contributed by atoms with E-state index in [1.807, 2.05) is 0 Å². The van der Waals surface area contributed by atoms with Crippen LogP contribution in [0.4, 0.5) is 0 Å². The Kier molecular flexibility index (Phi) is 5.65. The minimum Gasteiger partial charge on any atom is -0.462 e. The van der Waals surface area contributed by atoms with E-state index < -0.39 is 11.5 Å². The fourth-order valence-corrected chi connectivity index (χ4v) is 1.73. The zero-order valence-corrected chi connectivity index (χ0v) is 11.5. The number of hydrogen-bond donors (Lipinski definition) is 0. The third-order valence-electron chi connectivity index (χ3n) is 2.19. The first kappa shape index (κ1) is 15.0. The first-order chi connectivity index (χ1) is 8.52. The molecule has 0 saturated heterocycles. The van der Waals surface area contributed by atoms with Gasteiger partial charge in [-0.3, -0.25) is 4.79 Å². The van der Waals surface area contributed by atoms with E-state index in [1.54, 1.807) is 6.92 Å². The Morgan fingerprint density at radius 2 is 2.06 bits per heavy atom. The number of rotatable bonds is 5. The van der Waals surface area contributed by atoms with E-state index in [0.29, 0.717) is 6.61 Å². The van der Waals surface area contributed by atoms with Gasteiger partial charge in [-0.1, -0.05) is 23.2 Å². The van der Waals surface area contributed by atoms with Crippen molar-refractivity contribution >= 4 is 29.2 Å². The second-order valence-electron chi connectivity index (χ2n) is 3.38. The Morgan fingerprint density at radius 1 is 1.39 bits per heavy atom. The number of aromatic nitrogens is 1. The molecule has 1 aromatic heterocycles. The van der Waals surface area contributed by atoms with Crippen molar-refractivity contribution in [2.75, 3.05) is 20.3 Å². The second kappa shape index (κ2) is 6.78. The molecule has 0 radical (unpaired) electrons. The molecule has 0 spiro atoms. The van der Waals surface area contributed by atoms with Gasteiger partial charge in [0.25, 0.3) is 5.56 Å². The smallest absolute Gasteiger partial charge is 0.341 e. The molecule has 1 heterocycles. The molecular formula is C11H13Cl2NO4. The van der Waals surface area contributed by atoms with Crippen LogP contribution in [0.15, 0.2) is 11.0 Å². The van der Waals surface area contributed by atoms with Crippen molar-refractivity contribution in [2.45, 2.75) is 13.5 Å². The molecule has 0 amide bonds. The van der Waals surface area contributed by atoms with Crippen molar-refractivity contribution in [3.8, 4) is 0 Å². The van der Waals surface area contributed by atoms with E-state index in [2.05, 4.69) is 0 Å². The average molecular weight is 294 g/mol. The Morgan fingerprint density at radius 3 is 2.61 bits per heavy atom. The van der Waals surface area contributed by atoms with Gasteiger partial charge in [-0.2, -0.15) is 0 Å². The number of methoxy groups -OCH3 is 1. The number of ether oxygens (including phenoxy) is 2. The topological polar surface area (TPSA) is 57.5 Å². The number of esters is 1. The van der Waals surface area contributed by atoms with E-state index in [-0.39, 0.29) is 28.8 Å². The van der Waals surface area contributed by atoms with Crippen LogP contribution in [-0.2, 0) is 16.0 Å². The van der Waals surface area contributed by atoms with Crippen LogP contribution in [0.3, 0.4) is 0 Å². The minimum atomic E-state index is -0.615. The quantitative estimate of drug-likeness (QED) is 0.779. The second-order valence-corrected chi connectivity index (χ2v) is 4.14. The summed E-state index contributed by atoms with van der Waals surface area (Å²) in [5, 5.41) is -0.285. The molecule has 1 aromatic rings. The SMILES string of the molecule is CCOC(=O)c1cn(CCOC)c(=O)c(Cl)c1Cl. The molecule has 0 fully saturated rings. The molecule has 0 bridgehead atoms. The summed E-state index contributed by atoms with van der Waals surface area (Å²) in [5.74, 6) is -0.615. The lowest BCUT2D eigenvalue weighted by Gasteiger charge is -2.10. The fraction of sp³-hybridized carbons (Fsp3) is 0.455. The first-order valence-corrected chi connectivity index (χ1v) is 6.03. The monoisotopic (exact) mass is 293 g/mol. The van der Waals surface area contributed by atoms with Gasteiger partial charge in [0, 0.05) is 19.9 Å². The van der Waals surface area contributed by atoms with Gasteiger partial charge < -0.3 is 14.0 Å². The molecular weight excluding hydrogens is 281 g/mol. The minimum absolute atomic E-state index is 0.0687. The van der Waals surface area contributed by atoms with Crippen LogP contribution >= 0.6 is 23.2 Å². The van der Waals surface area contributed by atoms with Crippen LogP contribution in [-0.4, -0.2) is 30.9 Å². The van der Waals surface area contributed by atoms with Crippen LogP contribution in [0.1, 0.15) is 17.3 Å². The van der Waals surface area contributed by atoms with Crippen molar-refractivity contribution in [3.63, 3.8) is 0 Å². The Hall–Kier alpha value is -1.04. The average Bonchev–Trinajstić information content (AvgIpc) is 2.35. The summed E-state index contributed by atoms with van der Waals surface area (Å²) in [6.07, 6.45) is 1.33. The fourth-order valence-electron chi connectivity index (χ4n) is 1.32. The Balaban J connectivity index is 3.22. The van der Waals surface area contributed by atoms with E-state index in [1.165, 1.54) is 17.9 Å². The predicted molar refractivity (Wildman–Crippen MR) is 68.6 cm³/mol. The van der Waals surface area contributed by atoms with Crippen molar-refractivity contribution in [2.24, 2.45) is 0 Å². The van der Waals surface area contributed by atoms with Gasteiger partial charge >= 0.3 is 5.97 Å². The Labute approximate surface area is 114 Å². The molecule has 0 aliphatic heterocycles. The summed E-state index contributed by atoms with van der Waals surface area (Å²) in [7, 11) is 1.51. The molecule has 0 unspecified atom stereocenters. The summed E-state index contributed by atoms with van der Waals surface area (Å²) in [5.41, 5.74) is -0.397. The van der Waals surface area contributed by atoms with Crippen LogP contribution in [0.5, 0.6) is 0 Å². The molecule has 0 N–H and O–H groups in total. The van der Waals surface area contributed by atoms with E-state index in [9.17, 15) is 9.59 Å². The number of nitrogens with zero attached hydrogens (tertiary/aromatic N) is 1. The highest BCUT2D eigenvalue weighted by atomic mass is 35.5. The lowest BCUT2D eigenvalue weighted by molar-refractivity contribution is 0.0525. The summed E-state index contributed by atoms with van der Waals surface area (Å²) >= 11 is 11.7. The predicted octanol–water partition coefficient (Wildman–Crippen LogP) is 1.98. The maximum Gasteiger partial charge on any atom is 0.341 e. The summed E-state index contributed by atoms with van der Waals surface area (Å²) in [6.45, 7) is 2.48. The van der Waals surface area contributed by atoms with E-state index in [4.69, 9.17) is 32.7 Å². The number of carbonyl (C=O) groups excluding carboxylic acids is 1. The van der Waals surface area contributed by atoms with Crippen LogP contribution in [0.2, 0.25) is 10.0 Å². The summed E-state index contributed by atoms with van der Waals surface area (Å²) in [4.78, 5) is 23.4. The van der Waals surface area contributed by atoms with Gasteiger partial charge in [0.2, 0.25) is 0 Å². The van der Waals surface area contributed by atoms with Crippen molar-refractivity contribution in [3.05, 3.63) is 32.2 Å². The van der Waals surface area contributed by atoms with Crippen molar-refractivity contribution < 1.29 is 14.3 Å². The highest BCUT2D eigenvalue weighted by Gasteiger charge is 2.18. The number of hydrogen-bond acceptors (Lipinski definition) is 4. The van der Waals surface area contributed by atoms with Crippen LogP contribution < -0.4 is 5.56 Å². The van der Waals surface area contributed by atoms with E-state index >= 15 is 0 Å². The molecule has 18 heavy (non-hydrogen) atoms. The summed E-state index contributed by atoms with van der Waals surface area (Å²) < 4.78 is 11.0. The normalized spacial score (nSPS) is 10.4. The third-order valence-corrected chi connectivity index (χ3v) is 3.03. The maximum absolute atomic E-state index is 11.8. The largest absolute Gasteiger partial charge is 0.462 e. The van der Waals surface area contributed by atoms with E-state index in [0.717, 1.165) is 0 Å². The lowest BCUT2D eigenvalue weighted by Crippen LogP contribution is -2.24. The number of carbonyl (C=O) groups is 1. The van der Waals surface area contributed by atoms with Crippen LogP contribution in [0, 0.1) is 0 Å². The number of halogens is 2. The molecule has 0 aliphatic rings. The standard InChI is InChI=1S/C11H13Cl2NO4/c1-3-18-11(16)7-6-14(4-5-17-2)10(15)9(13)8(7)12/h6H,3-5H2,1-2H3. The van der Waals surface area contributed by atoms with Gasteiger partial charge in [-0.15, -0.1) is 0 Å². The van der Waals surface area contributed by atoms with Gasteiger partial charge in [0.05, 0.1) is 23.8 Å². The molecule has 0 aliphatic carbocycles. The molecule has 0 saturated carbocycles. The molecule has 7 heteroatoms. The first-order valence-electron chi connectivity index (χ1n) is 5.27. The van der Waals surface area contributed by atoms with Crippen molar-refractivity contribution in [1.29, 1.82) is 0 Å². The molecule has 1 rings (SSSR count). The zero-order valence-electron chi connectivity index (χ0n) is 10.0. The maximum atomic E-state index is 11.8. The highest BCUT2D eigenvalue weighted by Crippen LogP contribution is 2.23. The van der Waals surface area contributed by atoms with Gasteiger partial charge in [-0.25, -0.2) is 4.79 Å². The zero-order chi connectivity index (χ0) is 13.7. The lowest BCUT2D eigenvalue weighted by atomic mass is 10.3.